The lowest BCUT2D eigenvalue weighted by Gasteiger charge is -2.32. The molecule has 2 rings (SSSR count). The molecule has 0 radical (unpaired) electrons. The summed E-state index contributed by atoms with van der Waals surface area (Å²) in [5.41, 5.74) is 7.09. The number of rotatable bonds is 11. The Morgan fingerprint density at radius 3 is 2.41 bits per heavy atom. The Morgan fingerprint density at radius 1 is 1.14 bits per heavy atom. The zero-order valence-electron chi connectivity index (χ0n) is 17.8. The van der Waals surface area contributed by atoms with Crippen molar-refractivity contribution in [2.45, 2.75) is 83.3 Å². The Kier molecular flexibility index (Phi) is 10.1. The second-order valence-corrected chi connectivity index (χ2v) is 8.76. The average Bonchev–Trinajstić information content (AvgIpc) is 2.72. The van der Waals surface area contributed by atoms with Gasteiger partial charge in [0.25, 0.3) is 0 Å². The fraction of sp³-hybridized carbons (Fsp3) is 0.696. The number of carbonyl (C=O) groups is 1. The van der Waals surface area contributed by atoms with Gasteiger partial charge in [-0.15, -0.1) is 0 Å². The molecule has 0 heterocycles. The first-order chi connectivity index (χ1) is 13.9. The fourth-order valence-electron chi connectivity index (χ4n) is 3.92. The summed E-state index contributed by atoms with van der Waals surface area (Å²) in [6, 6.07) is 7.80. The molecule has 1 aromatic carbocycles. The SMILES string of the molecule is CC(C)CNC(C(=O)OCc1ccccc1)[C@H](O)[C@H](O)[C@@H](N)CC1CCCCC1. The first kappa shape index (κ1) is 23.8. The molecule has 0 spiro atoms. The summed E-state index contributed by atoms with van der Waals surface area (Å²) in [4.78, 5) is 12.7. The number of ether oxygens (including phenoxy) is 1. The highest BCUT2D eigenvalue weighted by Crippen LogP contribution is 2.28. The van der Waals surface area contributed by atoms with Crippen LogP contribution in [0.15, 0.2) is 30.3 Å². The van der Waals surface area contributed by atoms with Crippen molar-refractivity contribution in [3.8, 4) is 0 Å². The third-order valence-corrected chi connectivity index (χ3v) is 5.68. The summed E-state index contributed by atoms with van der Waals surface area (Å²) in [5, 5.41) is 24.5. The van der Waals surface area contributed by atoms with Crippen LogP contribution in [-0.2, 0) is 16.1 Å². The van der Waals surface area contributed by atoms with Gasteiger partial charge in [-0.2, -0.15) is 0 Å². The number of nitrogens with two attached hydrogens (primary N) is 1. The van der Waals surface area contributed by atoms with Crippen molar-refractivity contribution in [3.63, 3.8) is 0 Å². The minimum atomic E-state index is -1.32. The number of hydrogen-bond acceptors (Lipinski definition) is 6. The molecule has 1 aliphatic carbocycles. The highest BCUT2D eigenvalue weighted by atomic mass is 16.5. The topological polar surface area (TPSA) is 105 Å². The molecule has 0 aliphatic heterocycles. The summed E-state index contributed by atoms with van der Waals surface area (Å²) < 4.78 is 5.41. The van der Waals surface area contributed by atoms with Crippen LogP contribution in [0.25, 0.3) is 0 Å². The second kappa shape index (κ2) is 12.3. The lowest BCUT2D eigenvalue weighted by molar-refractivity contribution is -0.153. The van der Waals surface area contributed by atoms with Gasteiger partial charge in [-0.3, -0.25) is 4.79 Å². The minimum absolute atomic E-state index is 0.122. The van der Waals surface area contributed by atoms with E-state index in [0.717, 1.165) is 18.4 Å². The Balaban J connectivity index is 1.96. The van der Waals surface area contributed by atoms with Gasteiger partial charge in [0.1, 0.15) is 18.8 Å². The standard InChI is InChI=1S/C23H38N2O4/c1-16(2)14-25-20(23(28)29-15-18-11-7-4-8-12-18)22(27)21(26)19(24)13-17-9-5-3-6-10-17/h4,7-8,11-12,16-17,19-22,25-27H,3,5-6,9-10,13-15,24H2,1-2H3/t19-,20?,21+,22-/m0/s1. The highest BCUT2D eigenvalue weighted by molar-refractivity contribution is 5.76. The van der Waals surface area contributed by atoms with Gasteiger partial charge in [-0.05, 0) is 30.4 Å². The number of benzene rings is 1. The van der Waals surface area contributed by atoms with Gasteiger partial charge in [-0.1, -0.05) is 76.3 Å². The first-order valence-corrected chi connectivity index (χ1v) is 10.9. The van der Waals surface area contributed by atoms with Crippen LogP contribution in [0.1, 0.15) is 57.9 Å². The van der Waals surface area contributed by atoms with Gasteiger partial charge in [0.15, 0.2) is 0 Å². The lowest BCUT2D eigenvalue weighted by atomic mass is 9.83. The van der Waals surface area contributed by atoms with Gasteiger partial charge < -0.3 is 26.0 Å². The van der Waals surface area contributed by atoms with Gasteiger partial charge in [0, 0.05) is 6.04 Å². The molecule has 1 aromatic rings. The third-order valence-electron chi connectivity index (χ3n) is 5.68. The third kappa shape index (κ3) is 8.05. The van der Waals surface area contributed by atoms with Crippen molar-refractivity contribution in [2.75, 3.05) is 6.54 Å². The monoisotopic (exact) mass is 406 g/mol. The van der Waals surface area contributed by atoms with E-state index in [2.05, 4.69) is 5.32 Å². The summed E-state index contributed by atoms with van der Waals surface area (Å²) in [6.07, 6.45) is 4.02. The molecule has 29 heavy (non-hydrogen) atoms. The number of aliphatic hydroxyl groups is 2. The van der Waals surface area contributed by atoms with E-state index in [9.17, 15) is 15.0 Å². The molecular weight excluding hydrogens is 368 g/mol. The molecular formula is C23H38N2O4. The number of hydrogen-bond donors (Lipinski definition) is 4. The van der Waals surface area contributed by atoms with Crippen LogP contribution < -0.4 is 11.1 Å². The molecule has 5 N–H and O–H groups in total. The summed E-state index contributed by atoms with van der Waals surface area (Å²) in [7, 11) is 0. The molecule has 1 saturated carbocycles. The van der Waals surface area contributed by atoms with Gasteiger partial charge in [0.05, 0.1) is 6.10 Å². The Morgan fingerprint density at radius 2 is 1.79 bits per heavy atom. The molecule has 0 saturated heterocycles. The fourth-order valence-corrected chi connectivity index (χ4v) is 3.92. The van der Waals surface area contributed by atoms with Crippen LogP contribution in [-0.4, -0.2) is 47.0 Å². The van der Waals surface area contributed by atoms with E-state index in [1.54, 1.807) is 0 Å². The Hall–Kier alpha value is -1.47. The van der Waals surface area contributed by atoms with Crippen molar-refractivity contribution in [2.24, 2.45) is 17.6 Å². The maximum Gasteiger partial charge on any atom is 0.326 e. The van der Waals surface area contributed by atoms with Crippen LogP contribution in [0.4, 0.5) is 0 Å². The number of nitrogens with one attached hydrogen (secondary N) is 1. The van der Waals surface area contributed by atoms with Crippen LogP contribution in [0.5, 0.6) is 0 Å². The molecule has 0 amide bonds. The maximum atomic E-state index is 12.7. The van der Waals surface area contributed by atoms with E-state index in [1.165, 1.54) is 19.3 Å². The predicted octanol–water partition coefficient (Wildman–Crippen LogP) is 2.36. The van der Waals surface area contributed by atoms with E-state index in [4.69, 9.17) is 10.5 Å². The lowest BCUT2D eigenvalue weighted by Crippen LogP contribution is -2.57. The normalized spacial score (nSPS) is 19.5. The molecule has 4 atom stereocenters. The molecule has 1 aliphatic rings. The van der Waals surface area contributed by atoms with E-state index < -0.39 is 30.3 Å². The minimum Gasteiger partial charge on any atom is -0.460 e. The van der Waals surface area contributed by atoms with Crippen molar-refractivity contribution in [3.05, 3.63) is 35.9 Å². The van der Waals surface area contributed by atoms with E-state index in [-0.39, 0.29) is 12.5 Å². The van der Waals surface area contributed by atoms with Crippen molar-refractivity contribution >= 4 is 5.97 Å². The zero-order chi connectivity index (χ0) is 21.2. The second-order valence-electron chi connectivity index (χ2n) is 8.76. The average molecular weight is 407 g/mol. The smallest absolute Gasteiger partial charge is 0.326 e. The van der Waals surface area contributed by atoms with E-state index >= 15 is 0 Å². The molecule has 6 heteroatoms. The molecule has 0 aromatic heterocycles. The maximum absolute atomic E-state index is 12.7. The zero-order valence-corrected chi connectivity index (χ0v) is 17.8. The highest BCUT2D eigenvalue weighted by Gasteiger charge is 2.36. The van der Waals surface area contributed by atoms with Gasteiger partial charge in [-0.25, -0.2) is 0 Å². The van der Waals surface area contributed by atoms with Crippen LogP contribution in [0.2, 0.25) is 0 Å². The summed E-state index contributed by atoms with van der Waals surface area (Å²) in [6.45, 7) is 4.66. The number of esters is 1. The van der Waals surface area contributed by atoms with Crippen LogP contribution in [0.3, 0.4) is 0 Å². The van der Waals surface area contributed by atoms with Crippen molar-refractivity contribution < 1.29 is 19.7 Å². The largest absolute Gasteiger partial charge is 0.460 e. The van der Waals surface area contributed by atoms with E-state index in [0.29, 0.717) is 18.9 Å². The van der Waals surface area contributed by atoms with Crippen molar-refractivity contribution in [1.29, 1.82) is 0 Å². The summed E-state index contributed by atoms with van der Waals surface area (Å²) in [5.74, 6) is 0.179. The Bertz CT molecular complexity index is 590. The van der Waals surface area contributed by atoms with Gasteiger partial charge >= 0.3 is 5.97 Å². The number of aliphatic hydroxyl groups excluding tert-OH is 2. The summed E-state index contributed by atoms with van der Waals surface area (Å²) >= 11 is 0. The van der Waals surface area contributed by atoms with Crippen LogP contribution >= 0.6 is 0 Å². The Labute approximate surface area is 174 Å². The predicted molar refractivity (Wildman–Crippen MR) is 114 cm³/mol. The molecule has 164 valence electrons. The van der Waals surface area contributed by atoms with Crippen LogP contribution in [0, 0.1) is 11.8 Å². The molecule has 1 unspecified atom stereocenters. The van der Waals surface area contributed by atoms with Crippen molar-refractivity contribution in [1.82, 2.24) is 5.32 Å². The van der Waals surface area contributed by atoms with E-state index in [1.807, 2.05) is 44.2 Å². The first-order valence-electron chi connectivity index (χ1n) is 10.9. The molecule has 6 nitrogen and oxygen atoms in total. The van der Waals surface area contributed by atoms with Gasteiger partial charge in [0.2, 0.25) is 0 Å². The number of carbonyl (C=O) groups excluding carboxylic acids is 1. The quantitative estimate of drug-likeness (QED) is 0.421. The molecule has 0 bridgehead atoms. The molecule has 1 fully saturated rings.